The van der Waals surface area contributed by atoms with Crippen molar-refractivity contribution in [2.45, 2.75) is 40.0 Å². The summed E-state index contributed by atoms with van der Waals surface area (Å²) in [5.74, 6) is 0.425. The molecule has 0 bridgehead atoms. The third-order valence-corrected chi connectivity index (χ3v) is 4.00. The standard InChI is InChI=1S/C18H21NO/c1-18(2,3)16-6-4-5-15(17(16)20)11-13-7-9-14(12-19)10-8-13/h7-11,16H,4-6H2,1-3H3/b15-11+/t16-/m0/s1. The number of carbonyl (C=O) groups is 1. The monoisotopic (exact) mass is 267 g/mol. The molecule has 0 radical (unpaired) electrons. The van der Waals surface area contributed by atoms with Gasteiger partial charge in [-0.15, -0.1) is 0 Å². The molecule has 0 saturated heterocycles. The molecule has 104 valence electrons. The number of nitriles is 1. The van der Waals surface area contributed by atoms with E-state index in [1.165, 1.54) is 0 Å². The first-order valence-electron chi connectivity index (χ1n) is 7.17. The number of allylic oxidation sites excluding steroid dienone is 1. The first kappa shape index (κ1) is 14.5. The number of carbonyl (C=O) groups excluding carboxylic acids is 1. The van der Waals surface area contributed by atoms with Crippen LogP contribution in [-0.2, 0) is 4.79 Å². The van der Waals surface area contributed by atoms with Crippen LogP contribution >= 0.6 is 0 Å². The number of rotatable bonds is 1. The van der Waals surface area contributed by atoms with Gasteiger partial charge >= 0.3 is 0 Å². The zero-order valence-corrected chi connectivity index (χ0v) is 12.4. The molecular weight excluding hydrogens is 246 g/mol. The van der Waals surface area contributed by atoms with Gasteiger partial charge in [-0.2, -0.15) is 5.26 Å². The van der Waals surface area contributed by atoms with Crippen molar-refractivity contribution < 1.29 is 4.79 Å². The molecule has 1 fully saturated rings. The lowest BCUT2D eigenvalue weighted by molar-refractivity contribution is -0.123. The second kappa shape index (κ2) is 5.63. The summed E-state index contributed by atoms with van der Waals surface area (Å²) < 4.78 is 0. The van der Waals surface area contributed by atoms with Crippen LogP contribution in [0.5, 0.6) is 0 Å². The average molecular weight is 267 g/mol. The second-order valence-electron chi connectivity index (χ2n) is 6.58. The van der Waals surface area contributed by atoms with Crippen molar-refractivity contribution >= 4 is 11.9 Å². The highest BCUT2D eigenvalue weighted by molar-refractivity contribution is 6.02. The zero-order chi connectivity index (χ0) is 14.8. The Morgan fingerprint density at radius 2 is 1.90 bits per heavy atom. The van der Waals surface area contributed by atoms with Crippen molar-refractivity contribution in [3.05, 3.63) is 41.0 Å². The van der Waals surface area contributed by atoms with Crippen LogP contribution in [-0.4, -0.2) is 5.78 Å². The van der Waals surface area contributed by atoms with Gasteiger partial charge in [-0.05, 0) is 54.0 Å². The molecule has 1 aliphatic rings. The maximum absolute atomic E-state index is 12.6. The van der Waals surface area contributed by atoms with Gasteiger partial charge in [0.05, 0.1) is 11.6 Å². The van der Waals surface area contributed by atoms with Crippen molar-refractivity contribution in [2.24, 2.45) is 11.3 Å². The fraction of sp³-hybridized carbons (Fsp3) is 0.444. The summed E-state index contributed by atoms with van der Waals surface area (Å²) in [6, 6.07) is 9.50. The Morgan fingerprint density at radius 1 is 1.25 bits per heavy atom. The molecule has 1 aliphatic carbocycles. The maximum atomic E-state index is 12.6. The van der Waals surface area contributed by atoms with Crippen LogP contribution in [0.3, 0.4) is 0 Å². The van der Waals surface area contributed by atoms with E-state index in [-0.39, 0.29) is 11.3 Å². The number of hydrogen-bond acceptors (Lipinski definition) is 2. The van der Waals surface area contributed by atoms with E-state index in [2.05, 4.69) is 26.8 Å². The minimum atomic E-state index is 0.0290. The van der Waals surface area contributed by atoms with Gasteiger partial charge in [0.15, 0.2) is 5.78 Å². The van der Waals surface area contributed by atoms with Gasteiger partial charge in [0.2, 0.25) is 0 Å². The molecule has 0 N–H and O–H groups in total. The number of hydrogen-bond donors (Lipinski definition) is 0. The first-order valence-corrected chi connectivity index (χ1v) is 7.17. The minimum Gasteiger partial charge on any atom is -0.294 e. The van der Waals surface area contributed by atoms with Gasteiger partial charge < -0.3 is 0 Å². The van der Waals surface area contributed by atoms with Gasteiger partial charge in [-0.25, -0.2) is 0 Å². The van der Waals surface area contributed by atoms with Crippen LogP contribution in [0.25, 0.3) is 6.08 Å². The highest BCUT2D eigenvalue weighted by atomic mass is 16.1. The maximum Gasteiger partial charge on any atom is 0.162 e. The molecule has 0 spiro atoms. The summed E-state index contributed by atoms with van der Waals surface area (Å²) in [5, 5.41) is 8.80. The van der Waals surface area contributed by atoms with Gasteiger partial charge in [0, 0.05) is 5.92 Å². The SMILES string of the molecule is CC(C)(C)[C@H]1CCC/C(=C\c2ccc(C#N)cc2)C1=O. The molecule has 1 aromatic carbocycles. The Morgan fingerprint density at radius 3 is 2.45 bits per heavy atom. The summed E-state index contributed by atoms with van der Waals surface area (Å²) >= 11 is 0. The number of nitrogens with zero attached hydrogens (tertiary/aromatic N) is 1. The molecule has 0 aromatic heterocycles. The fourth-order valence-electron chi connectivity index (χ4n) is 2.80. The Kier molecular flexibility index (Phi) is 4.09. The van der Waals surface area contributed by atoms with Crippen LogP contribution in [0, 0.1) is 22.7 Å². The van der Waals surface area contributed by atoms with Crippen LogP contribution in [0.15, 0.2) is 29.8 Å². The van der Waals surface area contributed by atoms with E-state index in [4.69, 9.17) is 5.26 Å². The molecule has 1 saturated carbocycles. The predicted octanol–water partition coefficient (Wildman–Crippen LogP) is 4.36. The lowest BCUT2D eigenvalue weighted by Crippen LogP contribution is -2.32. The molecule has 0 amide bonds. The minimum absolute atomic E-state index is 0.0290. The predicted molar refractivity (Wildman–Crippen MR) is 80.9 cm³/mol. The summed E-state index contributed by atoms with van der Waals surface area (Å²) in [4.78, 5) is 12.6. The van der Waals surface area contributed by atoms with Crippen molar-refractivity contribution in [1.82, 2.24) is 0 Å². The third-order valence-electron chi connectivity index (χ3n) is 4.00. The molecule has 1 atom stereocenters. The number of ketones is 1. The van der Waals surface area contributed by atoms with Crippen LogP contribution in [0.2, 0.25) is 0 Å². The fourth-order valence-corrected chi connectivity index (χ4v) is 2.80. The molecule has 0 heterocycles. The molecule has 0 unspecified atom stereocenters. The van der Waals surface area contributed by atoms with E-state index < -0.39 is 0 Å². The first-order chi connectivity index (χ1) is 9.41. The van der Waals surface area contributed by atoms with Crippen molar-refractivity contribution in [3.63, 3.8) is 0 Å². The zero-order valence-electron chi connectivity index (χ0n) is 12.4. The average Bonchev–Trinajstić information content (AvgIpc) is 2.40. The number of Topliss-reactive ketones (excluding diaryl/α,β-unsaturated/α-hetero) is 1. The molecule has 20 heavy (non-hydrogen) atoms. The summed E-state index contributed by atoms with van der Waals surface area (Å²) in [7, 11) is 0. The Balaban J connectivity index is 2.25. The van der Waals surface area contributed by atoms with Crippen LogP contribution < -0.4 is 0 Å². The van der Waals surface area contributed by atoms with Crippen LogP contribution in [0.1, 0.15) is 51.2 Å². The smallest absolute Gasteiger partial charge is 0.162 e. The quantitative estimate of drug-likeness (QED) is 0.709. The van der Waals surface area contributed by atoms with Gasteiger partial charge in [0.25, 0.3) is 0 Å². The van der Waals surface area contributed by atoms with Crippen molar-refractivity contribution in [2.75, 3.05) is 0 Å². The van der Waals surface area contributed by atoms with E-state index in [0.29, 0.717) is 11.3 Å². The Labute approximate surface area is 121 Å². The molecule has 2 nitrogen and oxygen atoms in total. The van der Waals surface area contributed by atoms with E-state index in [1.54, 1.807) is 12.1 Å². The Hall–Kier alpha value is -1.88. The summed E-state index contributed by atoms with van der Waals surface area (Å²) in [6.07, 6.45) is 4.93. The molecule has 2 heteroatoms. The normalized spacial score (nSPS) is 21.8. The molecular formula is C18H21NO. The Bertz CT molecular complexity index is 567. The van der Waals surface area contributed by atoms with E-state index in [1.807, 2.05) is 18.2 Å². The van der Waals surface area contributed by atoms with E-state index in [0.717, 1.165) is 30.4 Å². The lowest BCUT2D eigenvalue weighted by atomic mass is 9.70. The lowest BCUT2D eigenvalue weighted by Gasteiger charge is -2.33. The topological polar surface area (TPSA) is 40.9 Å². The molecule has 0 aliphatic heterocycles. The van der Waals surface area contributed by atoms with E-state index in [9.17, 15) is 4.79 Å². The largest absolute Gasteiger partial charge is 0.294 e. The molecule has 1 aromatic rings. The van der Waals surface area contributed by atoms with Gasteiger partial charge in [-0.3, -0.25) is 4.79 Å². The highest BCUT2D eigenvalue weighted by Gasteiger charge is 2.35. The summed E-state index contributed by atoms with van der Waals surface area (Å²) in [6.45, 7) is 6.42. The van der Waals surface area contributed by atoms with Gasteiger partial charge in [0.1, 0.15) is 0 Å². The third kappa shape index (κ3) is 3.17. The molecule has 2 rings (SSSR count). The highest BCUT2D eigenvalue weighted by Crippen LogP contribution is 2.38. The van der Waals surface area contributed by atoms with Crippen molar-refractivity contribution in [1.29, 1.82) is 5.26 Å². The second-order valence-corrected chi connectivity index (χ2v) is 6.58. The van der Waals surface area contributed by atoms with Crippen LogP contribution in [0.4, 0.5) is 0 Å². The van der Waals surface area contributed by atoms with E-state index >= 15 is 0 Å². The summed E-state index contributed by atoms with van der Waals surface area (Å²) in [5.41, 5.74) is 2.61. The van der Waals surface area contributed by atoms with Gasteiger partial charge in [-0.1, -0.05) is 32.9 Å². The van der Waals surface area contributed by atoms with Crippen molar-refractivity contribution in [3.8, 4) is 6.07 Å². The number of benzene rings is 1.